The monoisotopic (exact) mass is 293 g/mol. The third-order valence-corrected chi connectivity index (χ3v) is 4.36. The normalized spacial score (nSPS) is 22.1. The van der Waals surface area contributed by atoms with E-state index in [1.165, 1.54) is 13.2 Å². The molecule has 1 aromatic carbocycles. The summed E-state index contributed by atoms with van der Waals surface area (Å²) in [6.45, 7) is 3.51. The number of benzene rings is 1. The first kappa shape index (κ1) is 15.6. The third-order valence-electron chi connectivity index (χ3n) is 4.36. The molecule has 0 radical (unpaired) electrons. The lowest BCUT2D eigenvalue weighted by atomic mass is 9.88. The molecule has 1 aliphatic rings. The zero-order chi connectivity index (χ0) is 15.4. The fourth-order valence-electron chi connectivity index (χ4n) is 3.06. The van der Waals surface area contributed by atoms with E-state index in [0.29, 0.717) is 23.9 Å². The van der Waals surface area contributed by atoms with Gasteiger partial charge in [-0.05, 0) is 30.9 Å². The summed E-state index contributed by atoms with van der Waals surface area (Å²) in [5, 5.41) is 11.3. The SMILES string of the molecule is CCC1CCN(c2ccc(OC)cc2[N+](=O)[O-])C(CN)C1. The summed E-state index contributed by atoms with van der Waals surface area (Å²) in [4.78, 5) is 13.1. The number of nitrogens with two attached hydrogens (primary N) is 1. The van der Waals surface area contributed by atoms with Crippen molar-refractivity contribution in [1.29, 1.82) is 0 Å². The molecule has 6 nitrogen and oxygen atoms in total. The van der Waals surface area contributed by atoms with Gasteiger partial charge in [-0.25, -0.2) is 0 Å². The number of nitro groups is 1. The third kappa shape index (κ3) is 3.26. The molecule has 1 fully saturated rings. The first-order valence-corrected chi connectivity index (χ1v) is 7.39. The summed E-state index contributed by atoms with van der Waals surface area (Å²) in [6.07, 6.45) is 3.18. The Morgan fingerprint density at radius 3 is 2.86 bits per heavy atom. The molecule has 1 aliphatic heterocycles. The van der Waals surface area contributed by atoms with Crippen LogP contribution in [0.5, 0.6) is 5.75 Å². The van der Waals surface area contributed by atoms with Crippen molar-refractivity contribution in [3.8, 4) is 5.75 Å². The van der Waals surface area contributed by atoms with E-state index in [-0.39, 0.29) is 16.7 Å². The van der Waals surface area contributed by atoms with Crippen molar-refractivity contribution in [2.24, 2.45) is 11.7 Å². The number of ether oxygens (including phenoxy) is 1. The number of anilines is 1. The molecule has 0 bridgehead atoms. The number of hydrogen-bond donors (Lipinski definition) is 1. The Bertz CT molecular complexity index is 507. The van der Waals surface area contributed by atoms with Gasteiger partial charge in [0, 0.05) is 19.1 Å². The van der Waals surface area contributed by atoms with Gasteiger partial charge in [-0.15, -0.1) is 0 Å². The van der Waals surface area contributed by atoms with E-state index in [1.807, 2.05) is 0 Å². The van der Waals surface area contributed by atoms with E-state index in [4.69, 9.17) is 10.5 Å². The molecule has 0 saturated carbocycles. The minimum Gasteiger partial charge on any atom is -0.496 e. The topological polar surface area (TPSA) is 81.6 Å². The van der Waals surface area contributed by atoms with Crippen LogP contribution in [0.4, 0.5) is 11.4 Å². The zero-order valence-corrected chi connectivity index (χ0v) is 12.6. The number of piperidine rings is 1. The van der Waals surface area contributed by atoms with Gasteiger partial charge in [0.15, 0.2) is 0 Å². The van der Waals surface area contributed by atoms with Crippen molar-refractivity contribution in [3.05, 3.63) is 28.3 Å². The molecule has 1 saturated heterocycles. The minimum atomic E-state index is -0.350. The second kappa shape index (κ2) is 6.76. The molecule has 6 heteroatoms. The molecule has 2 N–H and O–H groups in total. The summed E-state index contributed by atoms with van der Waals surface area (Å²) in [6, 6.07) is 5.18. The lowest BCUT2D eigenvalue weighted by molar-refractivity contribution is -0.384. The number of hydrogen-bond acceptors (Lipinski definition) is 5. The maximum Gasteiger partial charge on any atom is 0.296 e. The van der Waals surface area contributed by atoms with E-state index in [9.17, 15) is 10.1 Å². The van der Waals surface area contributed by atoms with Crippen LogP contribution in [0.2, 0.25) is 0 Å². The largest absolute Gasteiger partial charge is 0.496 e. The maximum atomic E-state index is 11.3. The molecule has 116 valence electrons. The van der Waals surface area contributed by atoms with Crippen molar-refractivity contribution in [2.45, 2.75) is 32.2 Å². The fraction of sp³-hybridized carbons (Fsp3) is 0.600. The first-order chi connectivity index (χ1) is 10.1. The summed E-state index contributed by atoms with van der Waals surface area (Å²) >= 11 is 0. The molecule has 0 aliphatic carbocycles. The number of rotatable bonds is 5. The average molecular weight is 293 g/mol. The van der Waals surface area contributed by atoms with Crippen LogP contribution in [0, 0.1) is 16.0 Å². The second-order valence-corrected chi connectivity index (χ2v) is 5.49. The highest BCUT2D eigenvalue weighted by molar-refractivity contribution is 5.66. The summed E-state index contributed by atoms with van der Waals surface area (Å²) < 4.78 is 5.09. The van der Waals surface area contributed by atoms with Gasteiger partial charge in [0.25, 0.3) is 5.69 Å². The van der Waals surface area contributed by atoms with Crippen molar-refractivity contribution in [3.63, 3.8) is 0 Å². The Labute approximate surface area is 125 Å². The molecule has 2 atom stereocenters. The highest BCUT2D eigenvalue weighted by Gasteiger charge is 2.31. The quantitative estimate of drug-likeness (QED) is 0.666. The van der Waals surface area contributed by atoms with Crippen LogP contribution in [0.1, 0.15) is 26.2 Å². The van der Waals surface area contributed by atoms with Crippen molar-refractivity contribution in [1.82, 2.24) is 0 Å². The van der Waals surface area contributed by atoms with E-state index in [0.717, 1.165) is 25.8 Å². The van der Waals surface area contributed by atoms with Gasteiger partial charge in [0.1, 0.15) is 11.4 Å². The predicted molar refractivity (Wildman–Crippen MR) is 82.9 cm³/mol. The minimum absolute atomic E-state index is 0.0859. The summed E-state index contributed by atoms with van der Waals surface area (Å²) in [5.41, 5.74) is 6.62. The van der Waals surface area contributed by atoms with Crippen LogP contribution in [0.25, 0.3) is 0 Å². The molecule has 1 heterocycles. The van der Waals surface area contributed by atoms with Crippen LogP contribution in [-0.2, 0) is 0 Å². The van der Waals surface area contributed by atoms with Gasteiger partial charge < -0.3 is 15.4 Å². The Balaban J connectivity index is 2.33. The molecule has 2 rings (SSSR count). The summed E-state index contributed by atoms with van der Waals surface area (Å²) in [5.74, 6) is 1.16. The second-order valence-electron chi connectivity index (χ2n) is 5.49. The Hall–Kier alpha value is -1.82. The smallest absolute Gasteiger partial charge is 0.296 e. The van der Waals surface area contributed by atoms with E-state index < -0.39 is 0 Å². The maximum absolute atomic E-state index is 11.3. The van der Waals surface area contributed by atoms with E-state index in [2.05, 4.69) is 11.8 Å². The molecule has 0 amide bonds. The Morgan fingerprint density at radius 1 is 1.52 bits per heavy atom. The van der Waals surface area contributed by atoms with Gasteiger partial charge in [-0.3, -0.25) is 10.1 Å². The molecule has 21 heavy (non-hydrogen) atoms. The number of methoxy groups -OCH3 is 1. The average Bonchev–Trinajstić information content (AvgIpc) is 2.53. The lowest BCUT2D eigenvalue weighted by Gasteiger charge is -2.40. The van der Waals surface area contributed by atoms with Gasteiger partial charge in [-0.1, -0.05) is 13.3 Å². The number of nitrogens with zero attached hydrogens (tertiary/aromatic N) is 2. The molecule has 1 aromatic rings. The lowest BCUT2D eigenvalue weighted by Crippen LogP contribution is -2.47. The van der Waals surface area contributed by atoms with Gasteiger partial charge in [-0.2, -0.15) is 0 Å². The van der Waals surface area contributed by atoms with Crippen LogP contribution < -0.4 is 15.4 Å². The van der Waals surface area contributed by atoms with E-state index >= 15 is 0 Å². The van der Waals surface area contributed by atoms with Gasteiger partial charge in [0.05, 0.1) is 18.1 Å². The van der Waals surface area contributed by atoms with Crippen LogP contribution >= 0.6 is 0 Å². The van der Waals surface area contributed by atoms with Crippen LogP contribution in [0.3, 0.4) is 0 Å². The van der Waals surface area contributed by atoms with Crippen molar-refractivity contribution >= 4 is 11.4 Å². The Kier molecular flexibility index (Phi) is 5.01. The molecule has 0 spiro atoms. The standard InChI is InChI=1S/C15H23N3O3/c1-3-11-6-7-17(12(8-11)10-16)14-5-4-13(21-2)9-15(14)18(19)20/h4-5,9,11-12H,3,6-8,10,16H2,1-2H3. The zero-order valence-electron chi connectivity index (χ0n) is 12.6. The van der Waals surface area contributed by atoms with Gasteiger partial charge in [0.2, 0.25) is 0 Å². The highest BCUT2D eigenvalue weighted by atomic mass is 16.6. The van der Waals surface area contributed by atoms with Gasteiger partial charge >= 0.3 is 0 Å². The first-order valence-electron chi connectivity index (χ1n) is 7.39. The molecule has 2 unspecified atom stereocenters. The van der Waals surface area contributed by atoms with Crippen LogP contribution in [0.15, 0.2) is 18.2 Å². The predicted octanol–water partition coefficient (Wildman–Crippen LogP) is 2.56. The number of nitro benzene ring substituents is 1. The molecule has 0 aromatic heterocycles. The van der Waals surface area contributed by atoms with Crippen LogP contribution in [-0.4, -0.2) is 31.2 Å². The van der Waals surface area contributed by atoms with Crippen molar-refractivity contribution in [2.75, 3.05) is 25.1 Å². The highest BCUT2D eigenvalue weighted by Crippen LogP contribution is 2.37. The van der Waals surface area contributed by atoms with E-state index in [1.54, 1.807) is 12.1 Å². The Morgan fingerprint density at radius 2 is 2.29 bits per heavy atom. The molecular formula is C15H23N3O3. The summed E-state index contributed by atoms with van der Waals surface area (Å²) in [7, 11) is 1.51. The van der Waals surface area contributed by atoms with Crippen molar-refractivity contribution < 1.29 is 9.66 Å². The fourth-order valence-corrected chi connectivity index (χ4v) is 3.06. The molecular weight excluding hydrogens is 270 g/mol.